The van der Waals surface area contributed by atoms with Crippen LogP contribution in [0.25, 0.3) is 11.4 Å². The standard InChI is InChI=1S/C18H19N5O2/c1-11-15(25-12(2)19-11)18(24)23-10-6-9-14(23)17-20-16(21-22-17)13-7-4-3-5-8-13/h3-5,7-8,14H,6,9-10H2,1-2H3,(H,20,21,22). The van der Waals surface area contributed by atoms with Gasteiger partial charge in [0.25, 0.3) is 5.91 Å². The number of nitrogens with one attached hydrogen (secondary N) is 1. The number of likely N-dealkylation sites (tertiary alicyclic amines) is 1. The highest BCUT2D eigenvalue weighted by atomic mass is 16.4. The number of benzene rings is 1. The molecule has 7 heteroatoms. The van der Waals surface area contributed by atoms with Crippen molar-refractivity contribution in [2.24, 2.45) is 0 Å². The fraction of sp³-hybridized carbons (Fsp3) is 0.333. The van der Waals surface area contributed by atoms with Crippen LogP contribution in [0.1, 0.15) is 46.8 Å². The maximum atomic E-state index is 12.9. The van der Waals surface area contributed by atoms with Crippen molar-refractivity contribution < 1.29 is 9.21 Å². The molecule has 1 saturated heterocycles. The molecule has 0 aliphatic carbocycles. The van der Waals surface area contributed by atoms with Crippen molar-refractivity contribution in [1.29, 1.82) is 0 Å². The number of carbonyl (C=O) groups is 1. The van der Waals surface area contributed by atoms with Gasteiger partial charge in [-0.05, 0) is 19.8 Å². The number of aromatic nitrogens is 4. The third kappa shape index (κ3) is 2.82. The number of aromatic amines is 1. The molecule has 128 valence electrons. The summed E-state index contributed by atoms with van der Waals surface area (Å²) in [5, 5.41) is 7.31. The molecule has 0 radical (unpaired) electrons. The Morgan fingerprint density at radius 3 is 2.76 bits per heavy atom. The van der Waals surface area contributed by atoms with Crippen molar-refractivity contribution in [3.05, 3.63) is 53.5 Å². The van der Waals surface area contributed by atoms with Crippen molar-refractivity contribution in [2.75, 3.05) is 6.54 Å². The molecule has 3 aromatic rings. The number of hydrogen-bond acceptors (Lipinski definition) is 5. The van der Waals surface area contributed by atoms with Crippen LogP contribution in [0.15, 0.2) is 34.7 Å². The minimum absolute atomic E-state index is 0.123. The molecule has 25 heavy (non-hydrogen) atoms. The third-order valence-corrected chi connectivity index (χ3v) is 4.46. The van der Waals surface area contributed by atoms with Crippen LogP contribution < -0.4 is 0 Å². The first-order chi connectivity index (χ1) is 12.1. The van der Waals surface area contributed by atoms with Gasteiger partial charge in [-0.1, -0.05) is 30.3 Å². The molecule has 0 bridgehead atoms. The highest BCUT2D eigenvalue weighted by Crippen LogP contribution is 2.32. The first-order valence-electron chi connectivity index (χ1n) is 8.36. The molecule has 0 saturated carbocycles. The zero-order valence-electron chi connectivity index (χ0n) is 14.2. The first kappa shape index (κ1) is 15.6. The van der Waals surface area contributed by atoms with Gasteiger partial charge in [-0.25, -0.2) is 9.97 Å². The van der Waals surface area contributed by atoms with E-state index in [1.54, 1.807) is 18.7 Å². The Hall–Kier alpha value is -2.96. The summed E-state index contributed by atoms with van der Waals surface area (Å²) in [6, 6.07) is 9.66. The highest BCUT2D eigenvalue weighted by molar-refractivity contribution is 5.92. The van der Waals surface area contributed by atoms with Crippen LogP contribution >= 0.6 is 0 Å². The first-order valence-corrected chi connectivity index (χ1v) is 8.36. The number of H-pyrrole nitrogens is 1. The molecule has 3 heterocycles. The summed E-state index contributed by atoms with van der Waals surface area (Å²) in [6.07, 6.45) is 1.77. The van der Waals surface area contributed by atoms with Gasteiger partial charge in [0.15, 0.2) is 11.7 Å². The Morgan fingerprint density at radius 2 is 2.04 bits per heavy atom. The number of nitrogens with zero attached hydrogens (tertiary/aromatic N) is 4. The zero-order chi connectivity index (χ0) is 17.4. The molecule has 1 atom stereocenters. The topological polar surface area (TPSA) is 87.9 Å². The predicted molar refractivity (Wildman–Crippen MR) is 90.8 cm³/mol. The number of amides is 1. The van der Waals surface area contributed by atoms with Crippen LogP contribution in [0.4, 0.5) is 0 Å². The summed E-state index contributed by atoms with van der Waals surface area (Å²) < 4.78 is 5.50. The molecule has 1 aromatic carbocycles. The van der Waals surface area contributed by atoms with Gasteiger partial charge < -0.3 is 9.32 Å². The molecule has 7 nitrogen and oxygen atoms in total. The molecule has 4 rings (SSSR count). The summed E-state index contributed by atoms with van der Waals surface area (Å²) in [7, 11) is 0. The van der Waals surface area contributed by atoms with E-state index in [1.165, 1.54) is 0 Å². The second-order valence-corrected chi connectivity index (χ2v) is 6.21. The van der Waals surface area contributed by atoms with Gasteiger partial charge in [0.05, 0.1) is 11.7 Å². The SMILES string of the molecule is Cc1nc(C)c(C(=O)N2CCCC2c2nc(-c3ccccc3)n[nH]2)o1. The van der Waals surface area contributed by atoms with E-state index in [-0.39, 0.29) is 11.9 Å². The van der Waals surface area contributed by atoms with Crippen molar-refractivity contribution in [3.8, 4) is 11.4 Å². The minimum Gasteiger partial charge on any atom is -0.436 e. The summed E-state index contributed by atoms with van der Waals surface area (Å²) >= 11 is 0. The Labute approximate surface area is 145 Å². The summed E-state index contributed by atoms with van der Waals surface area (Å²) in [6.45, 7) is 4.20. The summed E-state index contributed by atoms with van der Waals surface area (Å²) in [5.41, 5.74) is 1.57. The van der Waals surface area contributed by atoms with E-state index in [2.05, 4.69) is 20.2 Å². The maximum Gasteiger partial charge on any atom is 0.292 e. The van der Waals surface area contributed by atoms with Gasteiger partial charge in [-0.2, -0.15) is 5.10 Å². The molecule has 1 unspecified atom stereocenters. The monoisotopic (exact) mass is 337 g/mol. The van der Waals surface area contributed by atoms with Crippen molar-refractivity contribution in [1.82, 2.24) is 25.1 Å². The number of oxazole rings is 1. The average molecular weight is 337 g/mol. The molecular formula is C18H19N5O2. The van der Waals surface area contributed by atoms with E-state index in [4.69, 9.17) is 4.42 Å². The molecule has 2 aromatic heterocycles. The number of carbonyl (C=O) groups excluding carboxylic acids is 1. The predicted octanol–water partition coefficient (Wildman–Crippen LogP) is 3.05. The molecule has 1 N–H and O–H groups in total. The lowest BCUT2D eigenvalue weighted by molar-refractivity contribution is 0.0695. The van der Waals surface area contributed by atoms with Crippen LogP contribution in [0.5, 0.6) is 0 Å². The lowest BCUT2D eigenvalue weighted by Gasteiger charge is -2.21. The average Bonchev–Trinajstić information content (AvgIpc) is 3.33. The molecule has 1 fully saturated rings. The van der Waals surface area contributed by atoms with Crippen LogP contribution in [0.3, 0.4) is 0 Å². The minimum atomic E-state index is -0.140. The zero-order valence-corrected chi connectivity index (χ0v) is 14.2. The molecule has 1 amide bonds. The Morgan fingerprint density at radius 1 is 1.24 bits per heavy atom. The van der Waals surface area contributed by atoms with E-state index in [9.17, 15) is 4.79 Å². The van der Waals surface area contributed by atoms with E-state index in [0.29, 0.717) is 35.5 Å². The Kier molecular flexibility index (Phi) is 3.83. The highest BCUT2D eigenvalue weighted by Gasteiger charge is 2.35. The van der Waals surface area contributed by atoms with Gasteiger partial charge in [-0.3, -0.25) is 9.89 Å². The second kappa shape index (κ2) is 6.16. The van der Waals surface area contributed by atoms with Gasteiger partial charge in [-0.15, -0.1) is 0 Å². The van der Waals surface area contributed by atoms with Crippen molar-refractivity contribution in [3.63, 3.8) is 0 Å². The fourth-order valence-electron chi connectivity index (χ4n) is 3.29. The van der Waals surface area contributed by atoms with Gasteiger partial charge in [0.1, 0.15) is 5.82 Å². The van der Waals surface area contributed by atoms with Crippen LogP contribution in [-0.4, -0.2) is 37.5 Å². The van der Waals surface area contributed by atoms with Crippen LogP contribution in [0, 0.1) is 13.8 Å². The lowest BCUT2D eigenvalue weighted by atomic mass is 10.2. The number of hydrogen-bond donors (Lipinski definition) is 1. The quantitative estimate of drug-likeness (QED) is 0.793. The third-order valence-electron chi connectivity index (χ3n) is 4.46. The van der Waals surface area contributed by atoms with Crippen LogP contribution in [0.2, 0.25) is 0 Å². The van der Waals surface area contributed by atoms with E-state index < -0.39 is 0 Å². The van der Waals surface area contributed by atoms with Gasteiger partial charge in [0, 0.05) is 19.0 Å². The van der Waals surface area contributed by atoms with Gasteiger partial charge in [0.2, 0.25) is 5.76 Å². The summed E-state index contributed by atoms with van der Waals surface area (Å²) in [4.78, 5) is 23.5. The van der Waals surface area contributed by atoms with Crippen molar-refractivity contribution in [2.45, 2.75) is 32.7 Å². The lowest BCUT2D eigenvalue weighted by Crippen LogP contribution is -2.31. The molecule has 1 aliphatic rings. The molecular weight excluding hydrogens is 318 g/mol. The smallest absolute Gasteiger partial charge is 0.292 e. The molecule has 1 aliphatic heterocycles. The summed E-state index contributed by atoms with van der Waals surface area (Å²) in [5.74, 6) is 2.02. The maximum absolute atomic E-state index is 12.9. The van der Waals surface area contributed by atoms with E-state index in [1.807, 2.05) is 30.3 Å². The van der Waals surface area contributed by atoms with E-state index in [0.717, 1.165) is 18.4 Å². The van der Waals surface area contributed by atoms with Gasteiger partial charge >= 0.3 is 0 Å². The Bertz CT molecular complexity index is 899. The Balaban J connectivity index is 1.61. The number of rotatable bonds is 3. The fourth-order valence-corrected chi connectivity index (χ4v) is 3.29. The van der Waals surface area contributed by atoms with Crippen molar-refractivity contribution >= 4 is 5.91 Å². The largest absolute Gasteiger partial charge is 0.436 e. The van der Waals surface area contributed by atoms with E-state index >= 15 is 0 Å². The normalized spacial score (nSPS) is 17.2. The second-order valence-electron chi connectivity index (χ2n) is 6.21. The van der Waals surface area contributed by atoms with Crippen LogP contribution in [-0.2, 0) is 0 Å². The number of aryl methyl sites for hydroxylation is 2. The molecule has 0 spiro atoms.